The Morgan fingerprint density at radius 1 is 1.00 bits per heavy atom. The molecule has 0 rings (SSSR count). The van der Waals surface area contributed by atoms with Crippen molar-refractivity contribution in [1.29, 1.82) is 0 Å². The van der Waals surface area contributed by atoms with Crippen LogP contribution >= 0.6 is 0 Å². The number of nitrogens with two attached hydrogens (primary N) is 1. The molecule has 0 fully saturated rings. The Morgan fingerprint density at radius 3 is 2.12 bits per heavy atom. The molecule has 0 saturated carbocycles. The van der Waals surface area contributed by atoms with Gasteiger partial charge in [0.15, 0.2) is 15.6 Å². The number of sulfone groups is 1. The van der Waals surface area contributed by atoms with E-state index in [-0.39, 0.29) is 36.3 Å². The predicted octanol–water partition coefficient (Wildman–Crippen LogP) is 1.79. The molecule has 196 valence electrons. The standard InChI is InChI=1S/C23H42N4O6S/c1-7-34(32,33)15-10-8-9-13-18(28)27-19(16(2)3)21(30)26-17(20(29)23(4,5)6)12-11-14-25-22(24)31/h7,16-17,19H,1,8-15H2,2-6H3,(H,26,30)(H,27,28)(H3,24,25,31). The SMILES string of the molecule is C=CS(=O)(=O)CCCCCC(=O)NC(C(=O)NC(CCCNC(N)=O)C(=O)C(C)(C)C)C(C)C. The van der Waals surface area contributed by atoms with Gasteiger partial charge in [0, 0.05) is 23.8 Å². The number of unbranched alkanes of at least 4 members (excludes halogenated alkanes) is 2. The third kappa shape index (κ3) is 13.3. The number of hydrogen-bond acceptors (Lipinski definition) is 6. The Balaban J connectivity index is 4.97. The summed E-state index contributed by atoms with van der Waals surface area (Å²) >= 11 is 0. The summed E-state index contributed by atoms with van der Waals surface area (Å²) in [5.41, 5.74) is 4.37. The van der Waals surface area contributed by atoms with E-state index >= 15 is 0 Å². The molecular formula is C23H42N4O6S. The van der Waals surface area contributed by atoms with Gasteiger partial charge in [0.25, 0.3) is 0 Å². The van der Waals surface area contributed by atoms with Gasteiger partial charge in [-0.25, -0.2) is 13.2 Å². The lowest BCUT2D eigenvalue weighted by atomic mass is 9.84. The van der Waals surface area contributed by atoms with Gasteiger partial charge < -0.3 is 21.7 Å². The fraction of sp³-hybridized carbons (Fsp3) is 0.739. The second-order valence-electron chi connectivity index (χ2n) is 9.74. The molecule has 2 unspecified atom stereocenters. The Labute approximate surface area is 203 Å². The third-order valence-corrected chi connectivity index (χ3v) is 6.56. The molecule has 34 heavy (non-hydrogen) atoms. The van der Waals surface area contributed by atoms with E-state index in [1.165, 1.54) is 0 Å². The molecule has 0 heterocycles. The number of urea groups is 1. The van der Waals surface area contributed by atoms with Crippen molar-refractivity contribution in [2.24, 2.45) is 17.1 Å². The summed E-state index contributed by atoms with van der Waals surface area (Å²) < 4.78 is 22.8. The van der Waals surface area contributed by atoms with Crippen LogP contribution in [0.3, 0.4) is 0 Å². The van der Waals surface area contributed by atoms with Crippen molar-refractivity contribution in [2.75, 3.05) is 12.3 Å². The summed E-state index contributed by atoms with van der Waals surface area (Å²) in [6, 6.07) is -2.26. The molecule has 5 N–H and O–H groups in total. The topological polar surface area (TPSA) is 165 Å². The normalized spacial score (nSPS) is 13.6. The maximum atomic E-state index is 13.0. The number of ketones is 1. The number of rotatable bonds is 16. The lowest BCUT2D eigenvalue weighted by Crippen LogP contribution is -2.55. The second-order valence-corrected chi connectivity index (χ2v) is 11.8. The van der Waals surface area contributed by atoms with E-state index < -0.39 is 39.3 Å². The molecule has 0 aromatic carbocycles. The van der Waals surface area contributed by atoms with Gasteiger partial charge in [-0.1, -0.05) is 47.6 Å². The number of nitrogens with one attached hydrogen (secondary N) is 3. The minimum atomic E-state index is -3.25. The van der Waals surface area contributed by atoms with Gasteiger partial charge in [-0.2, -0.15) is 0 Å². The first-order valence-corrected chi connectivity index (χ1v) is 13.3. The van der Waals surface area contributed by atoms with Crippen molar-refractivity contribution >= 4 is 33.5 Å². The summed E-state index contributed by atoms with van der Waals surface area (Å²) in [4.78, 5) is 49.1. The number of carbonyl (C=O) groups excluding carboxylic acids is 4. The van der Waals surface area contributed by atoms with Gasteiger partial charge in [0.05, 0.1) is 11.8 Å². The number of amides is 4. The van der Waals surface area contributed by atoms with Gasteiger partial charge in [0.1, 0.15) is 6.04 Å². The first-order chi connectivity index (χ1) is 15.6. The van der Waals surface area contributed by atoms with Crippen molar-refractivity contribution in [3.8, 4) is 0 Å². The maximum absolute atomic E-state index is 13.0. The lowest BCUT2D eigenvalue weighted by Gasteiger charge is -2.28. The van der Waals surface area contributed by atoms with Crippen LogP contribution in [0.15, 0.2) is 12.0 Å². The number of Topliss-reactive ketones (excluding diaryl/α,β-unsaturated/α-hetero) is 1. The summed E-state index contributed by atoms with van der Waals surface area (Å²) in [6.07, 6.45) is 2.39. The molecule has 2 atom stereocenters. The summed E-state index contributed by atoms with van der Waals surface area (Å²) in [6.45, 7) is 12.4. The van der Waals surface area contributed by atoms with Crippen LogP contribution in [-0.2, 0) is 24.2 Å². The van der Waals surface area contributed by atoms with Gasteiger partial charge in [-0.3, -0.25) is 14.4 Å². The van der Waals surface area contributed by atoms with Crippen LogP contribution in [0.1, 0.15) is 73.1 Å². The first kappa shape index (κ1) is 31.6. The van der Waals surface area contributed by atoms with Crippen LogP contribution in [0, 0.1) is 11.3 Å². The fourth-order valence-electron chi connectivity index (χ4n) is 3.20. The fourth-order valence-corrected chi connectivity index (χ4v) is 3.97. The zero-order valence-electron chi connectivity index (χ0n) is 21.1. The quantitative estimate of drug-likeness (QED) is 0.235. The monoisotopic (exact) mass is 502 g/mol. The van der Waals surface area contributed by atoms with Crippen molar-refractivity contribution in [2.45, 2.75) is 85.2 Å². The molecule has 0 spiro atoms. The second kappa shape index (κ2) is 14.7. The maximum Gasteiger partial charge on any atom is 0.312 e. The van der Waals surface area contributed by atoms with E-state index in [2.05, 4.69) is 22.5 Å². The lowest BCUT2D eigenvalue weighted by molar-refractivity contribution is -0.135. The minimum absolute atomic E-state index is 0.00665. The van der Waals surface area contributed by atoms with E-state index in [9.17, 15) is 27.6 Å². The van der Waals surface area contributed by atoms with Gasteiger partial charge in [-0.15, -0.1) is 0 Å². The van der Waals surface area contributed by atoms with E-state index in [4.69, 9.17) is 5.73 Å². The molecule has 0 aromatic heterocycles. The zero-order valence-corrected chi connectivity index (χ0v) is 21.9. The van der Waals surface area contributed by atoms with Crippen LogP contribution in [0.25, 0.3) is 0 Å². The highest BCUT2D eigenvalue weighted by Crippen LogP contribution is 2.19. The van der Waals surface area contributed by atoms with Crippen molar-refractivity contribution < 1.29 is 27.6 Å². The Morgan fingerprint density at radius 2 is 1.62 bits per heavy atom. The van der Waals surface area contributed by atoms with E-state index in [1.54, 1.807) is 34.6 Å². The highest BCUT2D eigenvalue weighted by Gasteiger charge is 2.33. The Bertz CT molecular complexity index is 818. The van der Waals surface area contributed by atoms with Crippen LogP contribution in [0.5, 0.6) is 0 Å². The van der Waals surface area contributed by atoms with Gasteiger partial charge in [0.2, 0.25) is 11.8 Å². The number of primary amides is 1. The zero-order chi connectivity index (χ0) is 26.5. The van der Waals surface area contributed by atoms with Crippen LogP contribution in [-0.4, -0.2) is 56.4 Å². The Hall–Kier alpha value is -2.43. The molecular weight excluding hydrogens is 460 g/mol. The van der Waals surface area contributed by atoms with Crippen molar-refractivity contribution in [1.82, 2.24) is 16.0 Å². The number of carbonyl (C=O) groups is 4. The third-order valence-electron chi connectivity index (χ3n) is 5.19. The minimum Gasteiger partial charge on any atom is -0.352 e. The highest BCUT2D eigenvalue weighted by atomic mass is 32.2. The van der Waals surface area contributed by atoms with Crippen molar-refractivity contribution in [3.05, 3.63) is 12.0 Å². The van der Waals surface area contributed by atoms with Crippen LogP contribution in [0.4, 0.5) is 4.79 Å². The van der Waals surface area contributed by atoms with Crippen molar-refractivity contribution in [3.63, 3.8) is 0 Å². The molecule has 0 saturated heterocycles. The summed E-state index contributed by atoms with van der Waals surface area (Å²) in [7, 11) is -3.25. The van der Waals surface area contributed by atoms with Crippen LogP contribution in [0.2, 0.25) is 0 Å². The molecule has 0 aliphatic rings. The van der Waals surface area contributed by atoms with E-state index in [0.29, 0.717) is 32.1 Å². The summed E-state index contributed by atoms with van der Waals surface area (Å²) in [5, 5.41) is 8.89. The molecule has 0 radical (unpaired) electrons. The number of hydrogen-bond donors (Lipinski definition) is 4. The smallest absolute Gasteiger partial charge is 0.312 e. The average molecular weight is 503 g/mol. The predicted molar refractivity (Wildman–Crippen MR) is 132 cm³/mol. The Kier molecular flexibility index (Phi) is 13.7. The largest absolute Gasteiger partial charge is 0.352 e. The van der Waals surface area contributed by atoms with Gasteiger partial charge >= 0.3 is 6.03 Å². The highest BCUT2D eigenvalue weighted by molar-refractivity contribution is 7.94. The summed E-state index contributed by atoms with van der Waals surface area (Å²) in [5.74, 6) is -1.14. The molecule has 10 nitrogen and oxygen atoms in total. The molecule has 11 heteroatoms. The van der Waals surface area contributed by atoms with Gasteiger partial charge in [-0.05, 0) is 31.6 Å². The molecule has 4 amide bonds. The van der Waals surface area contributed by atoms with E-state index in [0.717, 1.165) is 5.41 Å². The molecule has 0 aliphatic carbocycles. The molecule has 0 aliphatic heterocycles. The molecule has 0 aromatic rings. The average Bonchev–Trinajstić information content (AvgIpc) is 2.72. The first-order valence-electron chi connectivity index (χ1n) is 11.6. The molecule has 0 bridgehead atoms. The van der Waals surface area contributed by atoms with E-state index in [1.807, 2.05) is 0 Å². The van der Waals surface area contributed by atoms with Crippen LogP contribution < -0.4 is 21.7 Å².